The Morgan fingerprint density at radius 1 is 0.843 bits per heavy atom. The highest BCUT2D eigenvalue weighted by molar-refractivity contribution is 6.33. The number of halogens is 1. The normalized spacial score (nSPS) is 14.0. The van der Waals surface area contributed by atoms with E-state index >= 15 is 0 Å². The summed E-state index contributed by atoms with van der Waals surface area (Å²) in [4.78, 5) is 16.6. The number of rotatable bonds is 11. The van der Waals surface area contributed by atoms with Gasteiger partial charge in [-0.2, -0.15) is 10.4 Å². The molecule has 5 aromatic carbocycles. The molecule has 0 unspecified atom stereocenters. The molecule has 1 saturated heterocycles. The third-order valence-corrected chi connectivity index (χ3v) is 10.6. The summed E-state index contributed by atoms with van der Waals surface area (Å²) in [5.74, 6) is 0.399. The summed E-state index contributed by atoms with van der Waals surface area (Å²) in [6.07, 6.45) is 5.28. The number of amides is 1. The molecule has 6 aromatic rings. The number of nitrogens with zero attached hydrogens (tertiary/aromatic N) is 4. The number of hydrogen-bond donors (Lipinski definition) is 1. The Labute approximate surface area is 305 Å². The van der Waals surface area contributed by atoms with Crippen LogP contribution < -0.4 is 5.32 Å². The largest absolute Gasteiger partial charge is 0.308 e. The third kappa shape index (κ3) is 6.80. The lowest BCUT2D eigenvalue weighted by Crippen LogP contribution is -2.39. The Morgan fingerprint density at radius 2 is 1.45 bits per heavy atom. The fourth-order valence-electron chi connectivity index (χ4n) is 7.58. The van der Waals surface area contributed by atoms with Crippen molar-refractivity contribution in [2.24, 2.45) is 5.92 Å². The van der Waals surface area contributed by atoms with Crippen LogP contribution >= 0.6 is 11.6 Å². The molecule has 1 aliphatic rings. The van der Waals surface area contributed by atoms with Gasteiger partial charge in [0.15, 0.2) is 5.82 Å². The number of likely N-dealkylation sites (tertiary alicyclic amines) is 1. The summed E-state index contributed by atoms with van der Waals surface area (Å²) < 4.78 is 2.07. The number of unbranched alkanes of at least 4 members (excludes halogenated alkanes) is 2. The predicted molar refractivity (Wildman–Crippen MR) is 207 cm³/mol. The van der Waals surface area contributed by atoms with Crippen molar-refractivity contribution in [2.45, 2.75) is 44.6 Å². The summed E-state index contributed by atoms with van der Waals surface area (Å²) in [7, 11) is 0. The van der Waals surface area contributed by atoms with E-state index in [-0.39, 0.29) is 11.8 Å². The van der Waals surface area contributed by atoms with E-state index in [0.29, 0.717) is 16.4 Å². The third-order valence-electron chi connectivity index (χ3n) is 10.3. The minimum Gasteiger partial charge on any atom is -0.308 e. The van der Waals surface area contributed by atoms with Crippen LogP contribution in [0.3, 0.4) is 0 Å². The number of nitrogens with one attached hydrogen (secondary N) is 1. The van der Waals surface area contributed by atoms with Gasteiger partial charge < -0.3 is 10.2 Å². The lowest BCUT2D eigenvalue weighted by atomic mass is 9.77. The molecule has 256 valence electrons. The van der Waals surface area contributed by atoms with Gasteiger partial charge in [0.25, 0.3) is 0 Å². The van der Waals surface area contributed by atoms with Crippen molar-refractivity contribution in [1.82, 2.24) is 14.7 Å². The number of aromatic nitrogens is 2. The molecule has 6 nitrogen and oxygen atoms in total. The van der Waals surface area contributed by atoms with Crippen LogP contribution in [-0.2, 0) is 10.3 Å². The van der Waals surface area contributed by atoms with Gasteiger partial charge in [0.05, 0.1) is 17.1 Å². The molecule has 1 aromatic heterocycles. The zero-order valence-corrected chi connectivity index (χ0v) is 29.7. The number of piperidine rings is 1. The first-order valence-corrected chi connectivity index (χ1v) is 18.3. The van der Waals surface area contributed by atoms with E-state index in [0.717, 1.165) is 71.2 Å². The van der Waals surface area contributed by atoms with Gasteiger partial charge in [0, 0.05) is 21.9 Å². The van der Waals surface area contributed by atoms with Crippen molar-refractivity contribution in [1.29, 1.82) is 5.26 Å². The van der Waals surface area contributed by atoms with E-state index in [9.17, 15) is 10.1 Å². The maximum Gasteiger partial charge on any atom is 0.228 e. The summed E-state index contributed by atoms with van der Waals surface area (Å²) in [5, 5.41) is 19.7. The van der Waals surface area contributed by atoms with Crippen LogP contribution in [0.5, 0.6) is 0 Å². The Bertz CT molecular complexity index is 2050. The number of anilines is 1. The van der Waals surface area contributed by atoms with Crippen molar-refractivity contribution < 1.29 is 4.79 Å². The van der Waals surface area contributed by atoms with Gasteiger partial charge in [-0.1, -0.05) is 128 Å². The van der Waals surface area contributed by atoms with E-state index in [2.05, 4.69) is 107 Å². The average Bonchev–Trinajstić information content (AvgIpc) is 3.54. The Kier molecular flexibility index (Phi) is 10.3. The second-order valence-corrected chi connectivity index (χ2v) is 13.8. The van der Waals surface area contributed by atoms with Crippen LogP contribution in [0.4, 0.5) is 5.82 Å². The van der Waals surface area contributed by atoms with E-state index in [1.807, 2.05) is 36.4 Å². The molecule has 7 rings (SSSR count). The first-order chi connectivity index (χ1) is 25.0. The Balaban J connectivity index is 1.40. The lowest BCUT2D eigenvalue weighted by Gasteiger charge is -2.37. The van der Waals surface area contributed by atoms with Gasteiger partial charge in [0.1, 0.15) is 5.54 Å². The highest BCUT2D eigenvalue weighted by atomic mass is 35.5. The summed E-state index contributed by atoms with van der Waals surface area (Å²) in [6, 6.07) is 44.9. The number of fused-ring (bicyclic) bond motifs is 1. The van der Waals surface area contributed by atoms with Gasteiger partial charge in [0.2, 0.25) is 5.91 Å². The maximum atomic E-state index is 14.1. The number of carbonyl (C=O) groups excluding carboxylic acids is 1. The van der Waals surface area contributed by atoms with E-state index in [1.165, 1.54) is 19.3 Å². The number of nitriles is 1. The van der Waals surface area contributed by atoms with Crippen LogP contribution in [0.1, 0.15) is 61.3 Å². The zero-order chi connectivity index (χ0) is 35.2. The maximum absolute atomic E-state index is 14.1. The van der Waals surface area contributed by atoms with Crippen LogP contribution in [-0.4, -0.2) is 40.2 Å². The predicted octanol–water partition coefficient (Wildman–Crippen LogP) is 9.91. The van der Waals surface area contributed by atoms with Gasteiger partial charge in [-0.05, 0) is 91.5 Å². The SMILES string of the molecule is CCCCCN1CCC(C(=O)Nc2nn(C(c3ccccc3)(c3ccccc3)c3ccccc3)c3ccc(-c4cc(C#N)ccc4Cl)cc23)CC1. The number of hydrogen-bond acceptors (Lipinski definition) is 4. The highest BCUT2D eigenvalue weighted by Crippen LogP contribution is 2.44. The molecule has 0 saturated carbocycles. The van der Waals surface area contributed by atoms with Gasteiger partial charge in [-0.25, -0.2) is 4.68 Å². The van der Waals surface area contributed by atoms with Crippen molar-refractivity contribution in [2.75, 3.05) is 25.0 Å². The van der Waals surface area contributed by atoms with Crippen LogP contribution in [0.25, 0.3) is 22.0 Å². The van der Waals surface area contributed by atoms with E-state index in [1.54, 1.807) is 12.1 Å². The van der Waals surface area contributed by atoms with Crippen molar-refractivity contribution in [3.05, 3.63) is 155 Å². The molecule has 1 N–H and O–H groups in total. The second kappa shape index (κ2) is 15.3. The summed E-state index contributed by atoms with van der Waals surface area (Å²) in [6.45, 7) is 5.17. The van der Waals surface area contributed by atoms with Crippen molar-refractivity contribution in [3.63, 3.8) is 0 Å². The Morgan fingerprint density at radius 3 is 2.02 bits per heavy atom. The van der Waals surface area contributed by atoms with Crippen molar-refractivity contribution in [3.8, 4) is 17.2 Å². The highest BCUT2D eigenvalue weighted by Gasteiger charge is 2.41. The van der Waals surface area contributed by atoms with Gasteiger partial charge >= 0.3 is 0 Å². The fraction of sp³-hybridized carbons (Fsp3) is 0.250. The minimum absolute atomic E-state index is 0.00518. The fourth-order valence-corrected chi connectivity index (χ4v) is 7.80. The summed E-state index contributed by atoms with van der Waals surface area (Å²) in [5.41, 5.74) is 5.19. The molecular formula is C44H42ClN5O. The molecule has 0 aliphatic carbocycles. The molecule has 1 amide bonds. The quantitative estimate of drug-likeness (QED) is 0.108. The standard InChI is InChI=1S/C44H42ClN5O/c1-2-3-13-26-49-27-24-33(25-28-49)43(51)47-42-39-30-34(38-29-32(31-46)20-22-40(38)45)21-23-41(39)50(48-42)44(35-14-7-4-8-15-35,36-16-9-5-10-17-36)37-18-11-6-12-19-37/h4-12,14-23,29-30,33H,2-3,13,24-28H2,1H3,(H,47,48,51). The van der Waals surface area contributed by atoms with Crippen LogP contribution in [0, 0.1) is 17.2 Å². The minimum atomic E-state index is -0.880. The van der Waals surface area contributed by atoms with Crippen LogP contribution in [0.15, 0.2) is 127 Å². The number of benzene rings is 5. The Hall–Kier alpha value is -5.22. The monoisotopic (exact) mass is 691 g/mol. The molecule has 0 bridgehead atoms. The topological polar surface area (TPSA) is 74.0 Å². The first-order valence-electron chi connectivity index (χ1n) is 18.0. The van der Waals surface area contributed by atoms with Gasteiger partial charge in [-0.3, -0.25) is 4.79 Å². The van der Waals surface area contributed by atoms with Crippen molar-refractivity contribution >= 4 is 34.2 Å². The molecule has 1 aliphatic heterocycles. The second-order valence-electron chi connectivity index (χ2n) is 13.4. The lowest BCUT2D eigenvalue weighted by molar-refractivity contribution is -0.121. The first kappa shape index (κ1) is 34.2. The van der Waals surface area contributed by atoms with Gasteiger partial charge in [-0.15, -0.1) is 0 Å². The van der Waals surface area contributed by atoms with E-state index < -0.39 is 5.54 Å². The zero-order valence-electron chi connectivity index (χ0n) is 28.9. The molecule has 0 radical (unpaired) electrons. The van der Waals surface area contributed by atoms with E-state index in [4.69, 9.17) is 16.7 Å². The molecule has 51 heavy (non-hydrogen) atoms. The van der Waals surface area contributed by atoms with Crippen LogP contribution in [0.2, 0.25) is 5.02 Å². The number of carbonyl (C=O) groups is 1. The molecule has 0 spiro atoms. The average molecular weight is 692 g/mol. The smallest absolute Gasteiger partial charge is 0.228 e. The molecule has 1 fully saturated rings. The molecule has 0 atom stereocenters. The molecular weight excluding hydrogens is 650 g/mol. The molecule has 2 heterocycles. The molecule has 7 heteroatoms. The summed E-state index contributed by atoms with van der Waals surface area (Å²) >= 11 is 6.73.